The molecule has 1 atom stereocenters. The Hall–Kier alpha value is -0.380. The second-order valence-electron chi connectivity index (χ2n) is 7.27. The molecule has 2 rings (SSSR count). The lowest BCUT2D eigenvalue weighted by molar-refractivity contribution is 0.0537. The SMILES string of the molecule is C=C(CNC(C)(C)C)CN1CCN2CCCCC2C1. The largest absolute Gasteiger partial charge is 0.308 e. The van der Waals surface area contributed by atoms with Gasteiger partial charge in [-0.2, -0.15) is 0 Å². The van der Waals surface area contributed by atoms with Crippen molar-refractivity contribution in [3.63, 3.8) is 0 Å². The van der Waals surface area contributed by atoms with E-state index in [9.17, 15) is 0 Å². The zero-order valence-corrected chi connectivity index (χ0v) is 13.0. The molecular weight excluding hydrogens is 234 g/mol. The Labute approximate surface area is 119 Å². The second kappa shape index (κ2) is 6.38. The minimum absolute atomic E-state index is 0.186. The molecule has 0 amide bonds. The number of nitrogens with one attached hydrogen (secondary N) is 1. The molecule has 1 N–H and O–H groups in total. The smallest absolute Gasteiger partial charge is 0.0223 e. The van der Waals surface area contributed by atoms with E-state index in [4.69, 9.17) is 0 Å². The summed E-state index contributed by atoms with van der Waals surface area (Å²) in [5.74, 6) is 0. The third kappa shape index (κ3) is 4.90. The monoisotopic (exact) mass is 265 g/mol. The molecule has 3 heteroatoms. The van der Waals surface area contributed by atoms with Gasteiger partial charge in [0.1, 0.15) is 0 Å². The molecule has 2 aliphatic rings. The van der Waals surface area contributed by atoms with Gasteiger partial charge in [0.2, 0.25) is 0 Å². The molecule has 1 unspecified atom stereocenters. The average Bonchev–Trinajstić information content (AvgIpc) is 2.35. The Bertz CT molecular complexity index is 306. The van der Waals surface area contributed by atoms with Crippen LogP contribution >= 0.6 is 0 Å². The summed E-state index contributed by atoms with van der Waals surface area (Å²) in [6, 6.07) is 0.811. The van der Waals surface area contributed by atoms with Crippen LogP contribution in [-0.2, 0) is 0 Å². The highest BCUT2D eigenvalue weighted by Crippen LogP contribution is 2.21. The first-order chi connectivity index (χ1) is 8.94. The highest BCUT2D eigenvalue weighted by molar-refractivity contribution is 5.02. The Balaban J connectivity index is 1.72. The van der Waals surface area contributed by atoms with Crippen molar-refractivity contribution in [2.24, 2.45) is 0 Å². The molecule has 0 aliphatic carbocycles. The van der Waals surface area contributed by atoms with E-state index < -0.39 is 0 Å². The lowest BCUT2D eigenvalue weighted by atomic mass is 9.99. The standard InChI is InChI=1S/C16H31N3/c1-14(11-17-16(2,3)4)12-18-9-10-19-8-6-5-7-15(19)13-18/h15,17H,1,5-13H2,2-4H3. The second-order valence-corrected chi connectivity index (χ2v) is 7.27. The molecule has 0 bridgehead atoms. The van der Waals surface area contributed by atoms with Gasteiger partial charge in [-0.3, -0.25) is 9.80 Å². The Morgan fingerprint density at radius 1 is 1.21 bits per heavy atom. The predicted molar refractivity (Wildman–Crippen MR) is 82.5 cm³/mol. The van der Waals surface area contributed by atoms with E-state index in [-0.39, 0.29) is 5.54 Å². The molecule has 3 nitrogen and oxygen atoms in total. The fourth-order valence-corrected chi connectivity index (χ4v) is 3.13. The summed E-state index contributed by atoms with van der Waals surface area (Å²) in [5.41, 5.74) is 1.50. The van der Waals surface area contributed by atoms with Crippen molar-refractivity contribution in [2.75, 3.05) is 39.3 Å². The fourth-order valence-electron chi connectivity index (χ4n) is 3.13. The van der Waals surface area contributed by atoms with Gasteiger partial charge in [0, 0.05) is 44.3 Å². The quantitative estimate of drug-likeness (QED) is 0.785. The van der Waals surface area contributed by atoms with E-state index in [1.54, 1.807) is 0 Å². The van der Waals surface area contributed by atoms with Crippen molar-refractivity contribution in [2.45, 2.75) is 51.6 Å². The van der Waals surface area contributed by atoms with Crippen LogP contribution in [0.5, 0.6) is 0 Å². The van der Waals surface area contributed by atoms with E-state index in [0.29, 0.717) is 0 Å². The minimum Gasteiger partial charge on any atom is -0.308 e. The van der Waals surface area contributed by atoms with Crippen LogP contribution < -0.4 is 5.32 Å². The Morgan fingerprint density at radius 2 is 2.00 bits per heavy atom. The predicted octanol–water partition coefficient (Wildman–Crippen LogP) is 2.10. The first-order valence-electron chi connectivity index (χ1n) is 7.82. The van der Waals surface area contributed by atoms with E-state index in [0.717, 1.165) is 19.1 Å². The van der Waals surface area contributed by atoms with Gasteiger partial charge in [0.05, 0.1) is 0 Å². The molecule has 2 fully saturated rings. The van der Waals surface area contributed by atoms with Crippen LogP contribution in [0.1, 0.15) is 40.0 Å². The number of hydrogen-bond acceptors (Lipinski definition) is 3. The van der Waals surface area contributed by atoms with E-state index >= 15 is 0 Å². The summed E-state index contributed by atoms with van der Waals surface area (Å²) in [6.07, 6.45) is 4.21. The highest BCUT2D eigenvalue weighted by atomic mass is 15.3. The van der Waals surface area contributed by atoms with Crippen molar-refractivity contribution < 1.29 is 0 Å². The van der Waals surface area contributed by atoms with Gasteiger partial charge in [-0.1, -0.05) is 13.0 Å². The lowest BCUT2D eigenvalue weighted by Gasteiger charge is -2.44. The topological polar surface area (TPSA) is 18.5 Å². The van der Waals surface area contributed by atoms with Crippen molar-refractivity contribution in [3.8, 4) is 0 Å². The van der Waals surface area contributed by atoms with Gasteiger partial charge in [0.25, 0.3) is 0 Å². The number of piperazine rings is 1. The molecule has 0 aromatic heterocycles. The van der Waals surface area contributed by atoms with Crippen LogP contribution in [0.4, 0.5) is 0 Å². The van der Waals surface area contributed by atoms with Crippen LogP contribution in [0.2, 0.25) is 0 Å². The van der Waals surface area contributed by atoms with Crippen molar-refractivity contribution in [3.05, 3.63) is 12.2 Å². The summed E-state index contributed by atoms with van der Waals surface area (Å²) < 4.78 is 0. The molecule has 19 heavy (non-hydrogen) atoms. The summed E-state index contributed by atoms with van der Waals surface area (Å²) in [6.45, 7) is 17.9. The van der Waals surface area contributed by atoms with Crippen LogP contribution in [0.25, 0.3) is 0 Å². The molecule has 0 aromatic rings. The first-order valence-corrected chi connectivity index (χ1v) is 7.82. The summed E-state index contributed by atoms with van der Waals surface area (Å²) in [5, 5.41) is 3.53. The van der Waals surface area contributed by atoms with Crippen LogP contribution in [0.3, 0.4) is 0 Å². The van der Waals surface area contributed by atoms with Crippen LogP contribution in [0.15, 0.2) is 12.2 Å². The number of nitrogens with zero attached hydrogens (tertiary/aromatic N) is 2. The van der Waals surface area contributed by atoms with E-state index in [2.05, 4.69) is 42.5 Å². The first kappa shape index (κ1) is 15.0. The summed E-state index contributed by atoms with van der Waals surface area (Å²) in [4.78, 5) is 5.29. The van der Waals surface area contributed by atoms with Crippen molar-refractivity contribution in [1.82, 2.24) is 15.1 Å². The van der Waals surface area contributed by atoms with Gasteiger partial charge in [-0.25, -0.2) is 0 Å². The maximum Gasteiger partial charge on any atom is 0.0223 e. The third-order valence-corrected chi connectivity index (χ3v) is 4.24. The molecule has 2 aliphatic heterocycles. The van der Waals surface area contributed by atoms with Crippen molar-refractivity contribution in [1.29, 1.82) is 0 Å². The third-order valence-electron chi connectivity index (χ3n) is 4.24. The minimum atomic E-state index is 0.186. The Kier molecular flexibility index (Phi) is 5.04. The van der Waals surface area contributed by atoms with Crippen LogP contribution in [0, 0.1) is 0 Å². The fraction of sp³-hybridized carbons (Fsp3) is 0.875. The van der Waals surface area contributed by atoms with Gasteiger partial charge in [-0.05, 0) is 45.7 Å². The van der Waals surface area contributed by atoms with Gasteiger partial charge in [0.15, 0.2) is 0 Å². The van der Waals surface area contributed by atoms with Gasteiger partial charge in [-0.15, -0.1) is 0 Å². The zero-order chi connectivity index (χ0) is 13.9. The van der Waals surface area contributed by atoms with E-state index in [1.807, 2.05) is 0 Å². The molecule has 0 spiro atoms. The molecule has 2 heterocycles. The summed E-state index contributed by atoms with van der Waals surface area (Å²) in [7, 11) is 0. The molecule has 0 saturated carbocycles. The normalized spacial score (nSPS) is 26.2. The maximum absolute atomic E-state index is 4.24. The molecule has 2 saturated heterocycles. The average molecular weight is 265 g/mol. The highest BCUT2D eigenvalue weighted by Gasteiger charge is 2.28. The molecule has 110 valence electrons. The number of rotatable bonds is 4. The van der Waals surface area contributed by atoms with Crippen LogP contribution in [-0.4, -0.2) is 60.6 Å². The molecular formula is C16H31N3. The Morgan fingerprint density at radius 3 is 2.74 bits per heavy atom. The number of fused-ring (bicyclic) bond motifs is 1. The molecule has 0 aromatic carbocycles. The lowest BCUT2D eigenvalue weighted by Crippen LogP contribution is -2.55. The van der Waals surface area contributed by atoms with E-state index in [1.165, 1.54) is 51.0 Å². The van der Waals surface area contributed by atoms with Gasteiger partial charge < -0.3 is 5.32 Å². The van der Waals surface area contributed by atoms with Gasteiger partial charge >= 0.3 is 0 Å². The summed E-state index contributed by atoms with van der Waals surface area (Å²) >= 11 is 0. The van der Waals surface area contributed by atoms with Crippen molar-refractivity contribution >= 4 is 0 Å². The zero-order valence-electron chi connectivity index (χ0n) is 13.0. The maximum atomic E-state index is 4.24. The number of piperidine rings is 1. The number of hydrogen-bond donors (Lipinski definition) is 1. The molecule has 0 radical (unpaired) electrons.